The maximum absolute atomic E-state index is 13.0. The fraction of sp³-hybridized carbons (Fsp3) is 0.941. The Morgan fingerprint density at radius 2 is 0.552 bits per heavy atom. The summed E-state index contributed by atoms with van der Waals surface area (Å²) in [5.41, 5.74) is 0. The molecule has 4 unspecified atom stereocenters. The molecule has 0 amide bonds. The lowest BCUT2D eigenvalue weighted by molar-refractivity contribution is -0.161. The number of aliphatic hydroxyl groups excluding tert-OH is 1. The van der Waals surface area contributed by atoms with Crippen molar-refractivity contribution in [1.82, 2.24) is 0 Å². The Balaban J connectivity index is 5.24. The van der Waals surface area contributed by atoms with E-state index in [1.165, 1.54) is 128 Å². The van der Waals surface area contributed by atoms with Crippen molar-refractivity contribution in [1.29, 1.82) is 0 Å². The Kier molecular flexibility index (Phi) is 56.6. The van der Waals surface area contributed by atoms with Crippen molar-refractivity contribution >= 4 is 39.5 Å². The van der Waals surface area contributed by atoms with Crippen LogP contribution in [0.1, 0.15) is 331 Å². The summed E-state index contributed by atoms with van der Waals surface area (Å²) in [5.74, 6) is 0.852. The number of phosphoric acid groups is 2. The van der Waals surface area contributed by atoms with Crippen molar-refractivity contribution in [2.75, 3.05) is 39.6 Å². The number of ether oxygens (including phenoxy) is 4. The van der Waals surface area contributed by atoms with Crippen molar-refractivity contribution in [3.8, 4) is 0 Å². The van der Waals surface area contributed by atoms with Crippen LogP contribution in [0.4, 0.5) is 0 Å². The first kappa shape index (κ1) is 85.1. The number of hydrogen-bond acceptors (Lipinski definition) is 15. The maximum Gasteiger partial charge on any atom is 0.472 e. The number of phosphoric ester groups is 2. The molecular formula is C68H132O17P2. The summed E-state index contributed by atoms with van der Waals surface area (Å²) in [6.45, 7) is 14.0. The van der Waals surface area contributed by atoms with Gasteiger partial charge in [0.15, 0.2) is 12.2 Å². The zero-order chi connectivity index (χ0) is 64.7. The number of unbranched alkanes of at least 4 members (excludes halogenated alkanes) is 29. The lowest BCUT2D eigenvalue weighted by Crippen LogP contribution is -2.30. The smallest absolute Gasteiger partial charge is 0.462 e. The number of aliphatic hydroxyl groups is 1. The van der Waals surface area contributed by atoms with Gasteiger partial charge in [0, 0.05) is 25.7 Å². The van der Waals surface area contributed by atoms with E-state index < -0.39 is 97.5 Å². The predicted molar refractivity (Wildman–Crippen MR) is 349 cm³/mol. The third-order valence-electron chi connectivity index (χ3n) is 16.3. The van der Waals surface area contributed by atoms with Crippen LogP contribution in [0.25, 0.3) is 0 Å². The van der Waals surface area contributed by atoms with Crippen LogP contribution in [0.2, 0.25) is 0 Å². The summed E-state index contributed by atoms with van der Waals surface area (Å²) in [4.78, 5) is 72.4. The van der Waals surface area contributed by atoms with Gasteiger partial charge in [0.05, 0.1) is 26.4 Å². The summed E-state index contributed by atoms with van der Waals surface area (Å²) >= 11 is 0. The molecule has 3 N–H and O–H groups in total. The van der Waals surface area contributed by atoms with Crippen LogP contribution in [0.15, 0.2) is 0 Å². The highest BCUT2D eigenvalue weighted by Crippen LogP contribution is 2.45. The van der Waals surface area contributed by atoms with Crippen LogP contribution in [0, 0.1) is 23.7 Å². The second-order valence-corrected chi connectivity index (χ2v) is 28.9. The first-order valence-electron chi connectivity index (χ1n) is 35.3. The minimum Gasteiger partial charge on any atom is -0.462 e. The summed E-state index contributed by atoms with van der Waals surface area (Å²) in [6, 6.07) is 0. The highest BCUT2D eigenvalue weighted by Gasteiger charge is 2.30. The molecule has 87 heavy (non-hydrogen) atoms. The van der Waals surface area contributed by atoms with Crippen LogP contribution in [-0.4, -0.2) is 96.7 Å². The van der Waals surface area contributed by atoms with Gasteiger partial charge in [0.2, 0.25) is 0 Å². The highest BCUT2D eigenvalue weighted by molar-refractivity contribution is 7.47. The van der Waals surface area contributed by atoms with Crippen LogP contribution in [0.3, 0.4) is 0 Å². The fourth-order valence-corrected chi connectivity index (χ4v) is 11.7. The molecule has 0 saturated heterocycles. The second-order valence-electron chi connectivity index (χ2n) is 26.0. The molecule has 0 aromatic rings. The van der Waals surface area contributed by atoms with Gasteiger partial charge >= 0.3 is 39.5 Å². The van der Waals surface area contributed by atoms with E-state index in [0.29, 0.717) is 37.5 Å². The van der Waals surface area contributed by atoms with Gasteiger partial charge in [-0.05, 0) is 49.4 Å². The minimum absolute atomic E-state index is 0.103. The van der Waals surface area contributed by atoms with Crippen molar-refractivity contribution in [3.63, 3.8) is 0 Å². The van der Waals surface area contributed by atoms with Gasteiger partial charge in [-0.1, -0.05) is 280 Å². The molecular weight excluding hydrogens is 1150 g/mol. The lowest BCUT2D eigenvalue weighted by atomic mass is 9.99. The number of rotatable bonds is 65. The SMILES string of the molecule is CCC(C)CCCCCCCCCCCCC(=O)OC[C@H](COP(=O)(O)OC[C@@H](O)COP(=O)(O)OC[C@@H](COC(=O)CCCCCCCCC(C)C)OC(=O)CCCCCCCCCCCCC(C)CC)OC(=O)CCCCCCCCCC(C)C. The second kappa shape index (κ2) is 57.9. The molecule has 0 fully saturated rings. The zero-order valence-electron chi connectivity index (χ0n) is 56.6. The first-order chi connectivity index (χ1) is 41.7. The highest BCUT2D eigenvalue weighted by atomic mass is 31.2. The quantitative estimate of drug-likeness (QED) is 0.0222. The van der Waals surface area contributed by atoms with Crippen LogP contribution >= 0.6 is 15.6 Å². The molecule has 0 aromatic carbocycles. The van der Waals surface area contributed by atoms with Crippen LogP contribution < -0.4 is 0 Å². The van der Waals surface area contributed by atoms with Crippen molar-refractivity contribution in [2.24, 2.45) is 23.7 Å². The van der Waals surface area contributed by atoms with Gasteiger partial charge in [0.25, 0.3) is 0 Å². The number of carbonyl (C=O) groups is 4. The van der Waals surface area contributed by atoms with E-state index >= 15 is 0 Å². The monoisotopic (exact) mass is 1280 g/mol. The summed E-state index contributed by atoms with van der Waals surface area (Å²) in [7, 11) is -9.90. The summed E-state index contributed by atoms with van der Waals surface area (Å²) in [6.07, 6.45) is 39.0. The largest absolute Gasteiger partial charge is 0.472 e. The molecule has 0 spiro atoms. The van der Waals surface area contributed by atoms with Gasteiger partial charge in [-0.25, -0.2) is 9.13 Å². The standard InChI is InChI=1S/C68H132O17P2/c1-9-60(7)46-38-30-21-15-11-13-17-23-32-40-48-65(70)78-54-63(85-68(73)51-43-35-25-19-20-28-36-44-58(3)4)56-82-86(74,75)80-52-62(69)53-81-87(76,77)83-57-64(55-79-66(71)49-41-33-27-26-29-37-45-59(5)6)84-67(72)50-42-34-24-18-14-12-16-22-31-39-47-61(8)10-2/h58-64,69H,9-57H2,1-8H3,(H,74,75)(H,76,77)/t60?,61?,62-,63-,64-/m1/s1. The topological polar surface area (TPSA) is 237 Å². The Hall–Kier alpha value is -1.94. The van der Waals surface area contributed by atoms with Crippen LogP contribution in [0.5, 0.6) is 0 Å². The van der Waals surface area contributed by atoms with Gasteiger partial charge < -0.3 is 33.8 Å². The molecule has 0 aliphatic carbocycles. The first-order valence-corrected chi connectivity index (χ1v) is 38.3. The van der Waals surface area contributed by atoms with Crippen molar-refractivity contribution in [2.45, 2.75) is 350 Å². The third-order valence-corrected chi connectivity index (χ3v) is 18.2. The Bertz CT molecular complexity index is 1730. The van der Waals surface area contributed by atoms with Gasteiger partial charge in [-0.3, -0.25) is 37.3 Å². The molecule has 0 heterocycles. The normalized spacial score (nSPS) is 15.0. The molecule has 0 bridgehead atoms. The Labute approximate surface area is 530 Å². The van der Waals surface area contributed by atoms with Crippen molar-refractivity contribution in [3.05, 3.63) is 0 Å². The van der Waals surface area contributed by atoms with Gasteiger partial charge in [-0.15, -0.1) is 0 Å². The fourth-order valence-electron chi connectivity index (χ4n) is 10.1. The Morgan fingerprint density at radius 3 is 0.816 bits per heavy atom. The molecule has 0 aliphatic rings. The Morgan fingerprint density at radius 1 is 0.322 bits per heavy atom. The summed E-state index contributed by atoms with van der Waals surface area (Å²) in [5, 5.41) is 10.6. The average Bonchev–Trinajstić information content (AvgIpc) is 3.70. The van der Waals surface area contributed by atoms with Crippen LogP contribution in [-0.2, 0) is 65.4 Å². The lowest BCUT2D eigenvalue weighted by Gasteiger charge is -2.21. The molecule has 19 heteroatoms. The molecule has 17 nitrogen and oxygen atoms in total. The molecule has 0 aromatic heterocycles. The van der Waals surface area contributed by atoms with Crippen molar-refractivity contribution < 1.29 is 80.2 Å². The van der Waals surface area contributed by atoms with Gasteiger partial charge in [0.1, 0.15) is 19.3 Å². The summed E-state index contributed by atoms with van der Waals surface area (Å²) < 4.78 is 68.1. The predicted octanol–water partition coefficient (Wildman–Crippen LogP) is 18.9. The van der Waals surface area contributed by atoms with E-state index in [2.05, 4.69) is 55.4 Å². The average molecular weight is 1280 g/mol. The number of hydrogen-bond donors (Lipinski definition) is 3. The molecule has 0 rings (SSSR count). The molecule has 516 valence electrons. The zero-order valence-corrected chi connectivity index (χ0v) is 58.4. The number of esters is 4. The maximum atomic E-state index is 13.0. The minimum atomic E-state index is -4.95. The van der Waals surface area contributed by atoms with E-state index in [-0.39, 0.29) is 25.7 Å². The molecule has 0 saturated carbocycles. The van der Waals surface area contributed by atoms with E-state index in [1.807, 2.05) is 0 Å². The molecule has 0 radical (unpaired) electrons. The van der Waals surface area contributed by atoms with E-state index in [0.717, 1.165) is 108 Å². The number of carbonyl (C=O) groups excluding carboxylic acids is 4. The van der Waals surface area contributed by atoms with E-state index in [1.54, 1.807) is 0 Å². The van der Waals surface area contributed by atoms with Gasteiger partial charge in [-0.2, -0.15) is 0 Å². The molecule has 0 aliphatic heterocycles. The third kappa shape index (κ3) is 60.1. The molecule has 7 atom stereocenters. The van der Waals surface area contributed by atoms with E-state index in [4.69, 9.17) is 37.0 Å². The van der Waals surface area contributed by atoms with E-state index in [9.17, 15) is 43.2 Å².